The highest BCUT2D eigenvalue weighted by atomic mass is 16.1. The molecule has 1 aromatic carbocycles. The zero-order valence-corrected chi connectivity index (χ0v) is 12.1. The number of nitrogens with one attached hydrogen (secondary N) is 1. The molecule has 2 unspecified atom stereocenters. The largest absolute Gasteiger partial charge is 0.311 e. The second kappa shape index (κ2) is 4.68. The molecule has 0 aromatic heterocycles. The van der Waals surface area contributed by atoms with E-state index in [-0.39, 0.29) is 17.1 Å². The van der Waals surface area contributed by atoms with Crippen LogP contribution >= 0.6 is 0 Å². The van der Waals surface area contributed by atoms with Gasteiger partial charge < -0.3 is 5.32 Å². The number of rotatable bonds is 3. The molecular formula is C18H20N2O. The van der Waals surface area contributed by atoms with E-state index in [2.05, 4.69) is 11.4 Å². The van der Waals surface area contributed by atoms with Crippen LogP contribution in [0.25, 0.3) is 0 Å². The molecule has 108 valence electrons. The van der Waals surface area contributed by atoms with Gasteiger partial charge in [0.1, 0.15) is 0 Å². The monoisotopic (exact) mass is 280 g/mol. The summed E-state index contributed by atoms with van der Waals surface area (Å²) >= 11 is 0. The molecule has 0 spiro atoms. The number of Topliss-reactive ketones (excluding diaryl/α,β-unsaturated/α-hetero) is 1. The number of fused-ring (bicyclic) bond motifs is 2. The van der Waals surface area contributed by atoms with E-state index in [0.29, 0.717) is 12.1 Å². The Hall–Kier alpha value is -1.66. The predicted molar refractivity (Wildman–Crippen MR) is 80.0 cm³/mol. The molecule has 3 aliphatic rings. The number of benzene rings is 1. The first-order valence-corrected chi connectivity index (χ1v) is 8.02. The molecule has 0 radical (unpaired) electrons. The Morgan fingerprint density at radius 2 is 1.95 bits per heavy atom. The summed E-state index contributed by atoms with van der Waals surface area (Å²) in [7, 11) is 0. The van der Waals surface area contributed by atoms with Gasteiger partial charge in [-0.25, -0.2) is 0 Å². The smallest absolute Gasteiger partial charge is 0.166 e. The molecule has 1 N–H and O–H groups in total. The summed E-state index contributed by atoms with van der Waals surface area (Å²) in [5.74, 6) is 0.445. The summed E-state index contributed by atoms with van der Waals surface area (Å²) in [5, 5.41) is 12.9. The molecule has 4 rings (SSSR count). The molecule has 1 aromatic rings. The van der Waals surface area contributed by atoms with E-state index in [4.69, 9.17) is 0 Å². The van der Waals surface area contributed by atoms with Crippen LogP contribution in [0, 0.1) is 17.2 Å². The third kappa shape index (κ3) is 2.18. The highest BCUT2D eigenvalue weighted by molar-refractivity contribution is 5.98. The SMILES string of the molecule is N#CC1(c2cccc(C(=O)C3CC4CCC(C3)N4)c2)CC1. The van der Waals surface area contributed by atoms with E-state index < -0.39 is 0 Å². The van der Waals surface area contributed by atoms with Crippen LogP contribution in [0.15, 0.2) is 24.3 Å². The fourth-order valence-corrected chi connectivity index (χ4v) is 4.07. The van der Waals surface area contributed by atoms with Crippen molar-refractivity contribution < 1.29 is 4.79 Å². The number of carbonyl (C=O) groups is 1. The lowest BCUT2D eigenvalue weighted by atomic mass is 9.84. The average molecular weight is 280 g/mol. The first kappa shape index (κ1) is 13.0. The summed E-state index contributed by atoms with van der Waals surface area (Å²) in [6.07, 6.45) is 6.24. The van der Waals surface area contributed by atoms with Gasteiger partial charge in [-0.15, -0.1) is 0 Å². The molecular weight excluding hydrogens is 260 g/mol. The van der Waals surface area contributed by atoms with Gasteiger partial charge >= 0.3 is 0 Å². The number of carbonyl (C=O) groups excluding carboxylic acids is 1. The van der Waals surface area contributed by atoms with Crippen molar-refractivity contribution in [3.63, 3.8) is 0 Å². The number of ketones is 1. The van der Waals surface area contributed by atoms with E-state index in [1.807, 2.05) is 24.3 Å². The highest BCUT2D eigenvalue weighted by Gasteiger charge is 2.45. The van der Waals surface area contributed by atoms with Crippen molar-refractivity contribution in [1.29, 1.82) is 5.26 Å². The molecule has 2 heterocycles. The zero-order chi connectivity index (χ0) is 14.4. The minimum absolute atomic E-state index is 0.163. The lowest BCUT2D eigenvalue weighted by Gasteiger charge is -2.28. The Labute approximate surface area is 125 Å². The normalized spacial score (nSPS) is 32.4. The lowest BCUT2D eigenvalue weighted by Crippen LogP contribution is -2.40. The average Bonchev–Trinajstić information content (AvgIpc) is 3.27. The van der Waals surface area contributed by atoms with E-state index in [1.54, 1.807) is 0 Å². The van der Waals surface area contributed by atoms with Gasteiger partial charge in [0.05, 0.1) is 11.5 Å². The lowest BCUT2D eigenvalue weighted by molar-refractivity contribution is 0.0875. The van der Waals surface area contributed by atoms with Gasteiger partial charge in [0.15, 0.2) is 5.78 Å². The van der Waals surface area contributed by atoms with E-state index in [9.17, 15) is 10.1 Å². The number of piperidine rings is 1. The molecule has 2 atom stereocenters. The van der Waals surface area contributed by atoms with Crippen LogP contribution < -0.4 is 5.32 Å². The molecule has 2 aliphatic heterocycles. The van der Waals surface area contributed by atoms with Crippen LogP contribution in [0.5, 0.6) is 0 Å². The zero-order valence-electron chi connectivity index (χ0n) is 12.1. The Kier molecular flexibility index (Phi) is 2.90. The van der Waals surface area contributed by atoms with Crippen molar-refractivity contribution >= 4 is 5.78 Å². The van der Waals surface area contributed by atoms with Crippen LogP contribution in [0.2, 0.25) is 0 Å². The Balaban J connectivity index is 1.57. The predicted octanol–water partition coefficient (Wildman–Crippen LogP) is 2.96. The summed E-state index contributed by atoms with van der Waals surface area (Å²) < 4.78 is 0. The van der Waals surface area contributed by atoms with Crippen LogP contribution in [-0.4, -0.2) is 17.9 Å². The molecule has 1 saturated carbocycles. The van der Waals surface area contributed by atoms with Gasteiger partial charge in [0.2, 0.25) is 0 Å². The van der Waals surface area contributed by atoms with Crippen LogP contribution in [0.1, 0.15) is 54.4 Å². The fraction of sp³-hybridized carbons (Fsp3) is 0.556. The minimum Gasteiger partial charge on any atom is -0.311 e. The van der Waals surface area contributed by atoms with Gasteiger partial charge in [0, 0.05) is 23.6 Å². The highest BCUT2D eigenvalue weighted by Crippen LogP contribution is 2.47. The molecule has 3 nitrogen and oxygen atoms in total. The maximum Gasteiger partial charge on any atom is 0.166 e. The third-order valence-corrected chi connectivity index (χ3v) is 5.51. The molecule has 0 amide bonds. The Morgan fingerprint density at radius 3 is 2.57 bits per heavy atom. The summed E-state index contributed by atoms with van der Waals surface area (Å²) in [5.41, 5.74) is 1.54. The van der Waals surface area contributed by atoms with Crippen molar-refractivity contribution in [2.75, 3.05) is 0 Å². The molecule has 2 saturated heterocycles. The van der Waals surface area contributed by atoms with Crippen molar-refractivity contribution in [1.82, 2.24) is 5.32 Å². The van der Waals surface area contributed by atoms with Gasteiger partial charge in [-0.1, -0.05) is 18.2 Å². The van der Waals surface area contributed by atoms with Gasteiger partial charge in [-0.3, -0.25) is 4.79 Å². The molecule has 1 aliphatic carbocycles. The molecule has 2 bridgehead atoms. The van der Waals surface area contributed by atoms with E-state index >= 15 is 0 Å². The quantitative estimate of drug-likeness (QED) is 0.866. The molecule has 21 heavy (non-hydrogen) atoms. The fourth-order valence-electron chi connectivity index (χ4n) is 4.07. The summed E-state index contributed by atoms with van der Waals surface area (Å²) in [4.78, 5) is 12.8. The van der Waals surface area contributed by atoms with Gasteiger partial charge in [0.25, 0.3) is 0 Å². The maximum atomic E-state index is 12.8. The molecule has 3 fully saturated rings. The minimum atomic E-state index is -0.302. The van der Waals surface area contributed by atoms with Gasteiger partial charge in [-0.05, 0) is 50.2 Å². The topological polar surface area (TPSA) is 52.9 Å². The molecule has 3 heteroatoms. The third-order valence-electron chi connectivity index (χ3n) is 5.51. The van der Waals surface area contributed by atoms with Crippen molar-refractivity contribution in [3.8, 4) is 6.07 Å². The number of hydrogen-bond donors (Lipinski definition) is 1. The van der Waals surface area contributed by atoms with E-state index in [1.165, 1.54) is 12.8 Å². The number of nitrogens with zero attached hydrogens (tertiary/aromatic N) is 1. The Morgan fingerprint density at radius 1 is 1.24 bits per heavy atom. The second-order valence-corrected chi connectivity index (χ2v) is 6.95. The van der Waals surface area contributed by atoms with Crippen LogP contribution in [-0.2, 0) is 5.41 Å². The summed E-state index contributed by atoms with van der Waals surface area (Å²) in [6.45, 7) is 0. The summed E-state index contributed by atoms with van der Waals surface area (Å²) in [6, 6.07) is 11.3. The first-order valence-electron chi connectivity index (χ1n) is 8.02. The first-order chi connectivity index (χ1) is 10.2. The van der Waals surface area contributed by atoms with Crippen LogP contribution in [0.4, 0.5) is 0 Å². The van der Waals surface area contributed by atoms with Crippen molar-refractivity contribution in [3.05, 3.63) is 35.4 Å². The van der Waals surface area contributed by atoms with E-state index in [0.717, 1.165) is 36.8 Å². The number of nitriles is 1. The Bertz CT molecular complexity index is 614. The van der Waals surface area contributed by atoms with Gasteiger partial charge in [-0.2, -0.15) is 5.26 Å². The standard InChI is InChI=1S/C18H20N2O/c19-11-18(6-7-18)14-3-1-2-12(8-14)17(21)13-9-15-4-5-16(10-13)20-15/h1-3,8,13,15-16,20H,4-7,9-10H2. The maximum absolute atomic E-state index is 12.8. The second-order valence-electron chi connectivity index (χ2n) is 6.95. The number of hydrogen-bond acceptors (Lipinski definition) is 3. The van der Waals surface area contributed by atoms with Crippen molar-refractivity contribution in [2.45, 2.75) is 56.0 Å². The van der Waals surface area contributed by atoms with Crippen LogP contribution in [0.3, 0.4) is 0 Å². The van der Waals surface area contributed by atoms with Crippen molar-refractivity contribution in [2.24, 2.45) is 5.92 Å².